The number of carbonyl (C=O) groups is 1. The maximum Gasteiger partial charge on any atom is 0.308 e. The number of pyridine rings is 1. The number of aryl methyl sites for hydroxylation is 1. The van der Waals surface area contributed by atoms with Crippen molar-refractivity contribution < 1.29 is 4.79 Å². The van der Waals surface area contributed by atoms with Crippen LogP contribution in [0.3, 0.4) is 0 Å². The summed E-state index contributed by atoms with van der Waals surface area (Å²) < 4.78 is 1.60. The van der Waals surface area contributed by atoms with E-state index in [1.165, 1.54) is 11.3 Å². The summed E-state index contributed by atoms with van der Waals surface area (Å²) in [5, 5.41) is 3.40. The van der Waals surface area contributed by atoms with Crippen molar-refractivity contribution in [3.05, 3.63) is 50.3 Å². The molecule has 1 atom stereocenters. The molecule has 3 heterocycles. The van der Waals surface area contributed by atoms with E-state index in [9.17, 15) is 9.59 Å². The van der Waals surface area contributed by atoms with Gasteiger partial charge in [-0.2, -0.15) is 0 Å². The number of amides is 1. The first-order valence-corrected chi connectivity index (χ1v) is 9.95. The molecule has 1 saturated heterocycles. The molecule has 0 spiro atoms. The lowest BCUT2D eigenvalue weighted by atomic mass is 10.1. The van der Waals surface area contributed by atoms with E-state index >= 15 is 0 Å². The van der Waals surface area contributed by atoms with E-state index in [0.717, 1.165) is 48.6 Å². The summed E-state index contributed by atoms with van der Waals surface area (Å²) in [6, 6.07) is 5.94. The van der Waals surface area contributed by atoms with E-state index in [1.54, 1.807) is 10.8 Å². The number of hydrogen-bond donors (Lipinski definition) is 1. The fraction of sp³-hybridized carbons (Fsp3) is 0.526. The SMILES string of the molecule is Cc1sc(=O)n(CC(=O)N(Cc2ccccn2)C2CCCNCC2)c1C. The minimum absolute atomic E-state index is 0.00875. The first-order chi connectivity index (χ1) is 12.6. The van der Waals surface area contributed by atoms with Crippen molar-refractivity contribution in [3.8, 4) is 0 Å². The Bertz CT molecular complexity index is 792. The summed E-state index contributed by atoms with van der Waals surface area (Å²) in [4.78, 5) is 32.6. The Morgan fingerprint density at radius 3 is 2.88 bits per heavy atom. The van der Waals surface area contributed by atoms with Gasteiger partial charge in [0.15, 0.2) is 0 Å². The first-order valence-electron chi connectivity index (χ1n) is 9.13. The van der Waals surface area contributed by atoms with Gasteiger partial charge in [0.1, 0.15) is 6.54 Å². The zero-order chi connectivity index (χ0) is 18.5. The van der Waals surface area contributed by atoms with E-state index < -0.39 is 0 Å². The fourth-order valence-corrected chi connectivity index (χ4v) is 4.23. The lowest BCUT2D eigenvalue weighted by molar-refractivity contribution is -0.135. The highest BCUT2D eigenvalue weighted by atomic mass is 32.1. The predicted octanol–water partition coefficient (Wildman–Crippen LogP) is 2.09. The van der Waals surface area contributed by atoms with Crippen molar-refractivity contribution in [1.29, 1.82) is 0 Å². The van der Waals surface area contributed by atoms with Crippen LogP contribution in [0.25, 0.3) is 0 Å². The van der Waals surface area contributed by atoms with Crippen molar-refractivity contribution in [1.82, 2.24) is 19.8 Å². The molecule has 0 aromatic carbocycles. The van der Waals surface area contributed by atoms with Gasteiger partial charge >= 0.3 is 4.87 Å². The molecule has 1 aliphatic rings. The third-order valence-electron chi connectivity index (χ3n) is 5.03. The van der Waals surface area contributed by atoms with Crippen molar-refractivity contribution in [3.63, 3.8) is 0 Å². The summed E-state index contributed by atoms with van der Waals surface area (Å²) in [5.41, 5.74) is 1.76. The van der Waals surface area contributed by atoms with E-state index in [1.807, 2.05) is 36.9 Å². The molecule has 0 bridgehead atoms. The fourth-order valence-electron chi connectivity index (χ4n) is 3.40. The molecular formula is C19H26N4O2S. The van der Waals surface area contributed by atoms with E-state index in [-0.39, 0.29) is 23.4 Å². The molecule has 1 unspecified atom stereocenters. The summed E-state index contributed by atoms with van der Waals surface area (Å²) in [7, 11) is 0. The molecular weight excluding hydrogens is 348 g/mol. The normalized spacial score (nSPS) is 17.7. The van der Waals surface area contributed by atoms with E-state index in [2.05, 4.69) is 10.3 Å². The Morgan fingerprint density at radius 1 is 1.35 bits per heavy atom. The number of nitrogens with zero attached hydrogens (tertiary/aromatic N) is 3. The van der Waals surface area contributed by atoms with E-state index in [0.29, 0.717) is 6.54 Å². The minimum atomic E-state index is -0.0614. The third-order valence-corrected chi connectivity index (χ3v) is 6.03. The van der Waals surface area contributed by atoms with Crippen molar-refractivity contribution in [2.45, 2.75) is 52.2 Å². The number of hydrogen-bond acceptors (Lipinski definition) is 5. The molecule has 1 fully saturated rings. The van der Waals surface area contributed by atoms with Crippen molar-refractivity contribution in [2.24, 2.45) is 0 Å². The van der Waals surface area contributed by atoms with Crippen LogP contribution in [0.15, 0.2) is 29.2 Å². The molecule has 1 amide bonds. The summed E-state index contributed by atoms with van der Waals surface area (Å²) in [6.45, 7) is 6.31. The van der Waals surface area contributed by atoms with Gasteiger partial charge in [0, 0.05) is 22.8 Å². The largest absolute Gasteiger partial charge is 0.332 e. The highest BCUT2D eigenvalue weighted by Gasteiger charge is 2.26. The lowest BCUT2D eigenvalue weighted by Crippen LogP contribution is -2.43. The molecule has 0 saturated carbocycles. The molecule has 2 aromatic heterocycles. The summed E-state index contributed by atoms with van der Waals surface area (Å²) in [6.07, 6.45) is 4.70. The van der Waals surface area contributed by atoms with Gasteiger partial charge in [-0.25, -0.2) is 0 Å². The Morgan fingerprint density at radius 2 is 2.19 bits per heavy atom. The molecule has 2 aromatic rings. The van der Waals surface area contributed by atoms with Gasteiger partial charge in [-0.3, -0.25) is 19.1 Å². The molecule has 26 heavy (non-hydrogen) atoms. The highest BCUT2D eigenvalue weighted by Crippen LogP contribution is 2.18. The van der Waals surface area contributed by atoms with Crippen LogP contribution in [0.5, 0.6) is 0 Å². The maximum atomic E-state index is 13.2. The molecule has 140 valence electrons. The lowest BCUT2D eigenvalue weighted by Gasteiger charge is -2.31. The van der Waals surface area contributed by atoms with Crippen LogP contribution in [-0.4, -0.2) is 39.5 Å². The van der Waals surface area contributed by atoms with Gasteiger partial charge in [0.2, 0.25) is 5.91 Å². The average Bonchev–Trinajstić information content (AvgIpc) is 2.85. The second-order valence-corrected chi connectivity index (χ2v) is 7.94. The van der Waals surface area contributed by atoms with Crippen molar-refractivity contribution >= 4 is 17.2 Å². The van der Waals surface area contributed by atoms with Crippen LogP contribution >= 0.6 is 11.3 Å². The Balaban J connectivity index is 1.83. The molecule has 7 heteroatoms. The van der Waals surface area contributed by atoms with E-state index in [4.69, 9.17) is 0 Å². The predicted molar refractivity (Wildman–Crippen MR) is 103 cm³/mol. The standard InChI is InChI=1S/C19H26N4O2S/c1-14-15(2)26-19(25)22(14)13-18(24)23(12-16-6-3-4-10-21-16)17-7-5-9-20-11-8-17/h3-4,6,10,17,20H,5,7-9,11-13H2,1-2H3. The smallest absolute Gasteiger partial charge is 0.308 e. The molecule has 3 rings (SSSR count). The third kappa shape index (κ3) is 4.40. The molecule has 1 N–H and O–H groups in total. The monoisotopic (exact) mass is 374 g/mol. The van der Waals surface area contributed by atoms with Crippen LogP contribution in [0.4, 0.5) is 0 Å². The van der Waals surface area contributed by atoms with Crippen molar-refractivity contribution in [2.75, 3.05) is 13.1 Å². The zero-order valence-corrected chi connectivity index (χ0v) is 16.2. The van der Waals surface area contributed by atoms with Crippen LogP contribution < -0.4 is 10.2 Å². The van der Waals surface area contributed by atoms with Gasteiger partial charge in [0.25, 0.3) is 0 Å². The maximum absolute atomic E-state index is 13.2. The number of carbonyl (C=O) groups excluding carboxylic acids is 1. The first kappa shape index (κ1) is 18.8. The molecule has 0 aliphatic carbocycles. The van der Waals surface area contributed by atoms with Gasteiger partial charge in [-0.05, 0) is 58.3 Å². The number of aromatic nitrogens is 2. The van der Waals surface area contributed by atoms with Gasteiger partial charge in [-0.15, -0.1) is 0 Å². The molecule has 1 aliphatic heterocycles. The Hall–Kier alpha value is -1.99. The Kier molecular flexibility index (Phi) is 6.21. The van der Waals surface area contributed by atoms with Crippen LogP contribution in [0, 0.1) is 13.8 Å². The quantitative estimate of drug-likeness (QED) is 0.870. The van der Waals surface area contributed by atoms with Crippen LogP contribution in [0.2, 0.25) is 0 Å². The second kappa shape index (κ2) is 8.60. The van der Waals surface area contributed by atoms with Gasteiger partial charge < -0.3 is 10.2 Å². The molecule has 6 nitrogen and oxygen atoms in total. The van der Waals surface area contributed by atoms with Crippen LogP contribution in [0.1, 0.15) is 35.5 Å². The van der Waals surface area contributed by atoms with Gasteiger partial charge in [-0.1, -0.05) is 17.4 Å². The zero-order valence-electron chi connectivity index (χ0n) is 15.4. The topological polar surface area (TPSA) is 67.2 Å². The Labute approximate surface area is 157 Å². The highest BCUT2D eigenvalue weighted by molar-refractivity contribution is 7.09. The minimum Gasteiger partial charge on any atom is -0.332 e. The number of nitrogens with one attached hydrogen (secondary N) is 1. The summed E-state index contributed by atoms with van der Waals surface area (Å²) >= 11 is 1.21. The molecule has 0 radical (unpaired) electrons. The van der Waals surface area contributed by atoms with Crippen LogP contribution in [-0.2, 0) is 17.9 Å². The average molecular weight is 375 g/mol. The second-order valence-electron chi connectivity index (χ2n) is 6.77. The number of rotatable bonds is 5. The number of thiazole rings is 1. The summed E-state index contributed by atoms with van der Waals surface area (Å²) in [5.74, 6) is -0.00875. The van der Waals surface area contributed by atoms with Gasteiger partial charge in [0.05, 0.1) is 12.2 Å².